The maximum Gasteiger partial charge on any atom is 0.163 e. The van der Waals surface area contributed by atoms with Crippen LogP contribution in [0, 0.1) is 0 Å². The first kappa shape index (κ1) is 14.3. The molecule has 2 aromatic carbocycles. The number of ether oxygens (including phenoxy) is 2. The number of aromatic amines is 1. The monoisotopic (exact) mass is 297 g/mol. The molecule has 0 atom stereocenters. The van der Waals surface area contributed by atoms with Crippen molar-refractivity contribution in [2.24, 2.45) is 0 Å². The first-order valence-electron chi connectivity index (χ1n) is 7.02. The third-order valence-corrected chi connectivity index (χ3v) is 3.64. The molecule has 0 fully saturated rings. The first-order valence-corrected chi connectivity index (χ1v) is 7.02. The van der Waals surface area contributed by atoms with Gasteiger partial charge in [0.2, 0.25) is 0 Å². The van der Waals surface area contributed by atoms with E-state index in [4.69, 9.17) is 9.47 Å². The molecule has 0 saturated carbocycles. The minimum absolute atomic E-state index is 0.677. The standard InChI is InChI=1S/C17H19N3O2/c1-20(2)12-7-5-11(6-8-12)17-18-13-9-15(21-3)16(22-4)10-14(13)19-17/h5-10H,1-4H3,(H,18,19). The van der Waals surface area contributed by atoms with Crippen LogP contribution in [0.3, 0.4) is 0 Å². The number of nitrogens with zero attached hydrogens (tertiary/aromatic N) is 2. The molecule has 0 aliphatic heterocycles. The molecule has 0 saturated heterocycles. The molecule has 5 nitrogen and oxygen atoms in total. The van der Waals surface area contributed by atoms with Gasteiger partial charge in [-0.05, 0) is 24.3 Å². The largest absolute Gasteiger partial charge is 0.493 e. The molecule has 0 amide bonds. The summed E-state index contributed by atoms with van der Waals surface area (Å²) in [7, 11) is 7.29. The zero-order valence-corrected chi connectivity index (χ0v) is 13.2. The number of anilines is 1. The average molecular weight is 297 g/mol. The second kappa shape index (κ2) is 5.60. The van der Waals surface area contributed by atoms with Gasteiger partial charge in [0.15, 0.2) is 11.5 Å². The summed E-state index contributed by atoms with van der Waals surface area (Å²) in [5, 5.41) is 0. The van der Waals surface area contributed by atoms with Crippen molar-refractivity contribution in [3.63, 3.8) is 0 Å². The van der Waals surface area contributed by atoms with Crippen LogP contribution < -0.4 is 14.4 Å². The molecule has 3 aromatic rings. The summed E-state index contributed by atoms with van der Waals surface area (Å²) < 4.78 is 10.6. The van der Waals surface area contributed by atoms with Gasteiger partial charge in [0.25, 0.3) is 0 Å². The van der Waals surface area contributed by atoms with Crippen LogP contribution in [-0.4, -0.2) is 38.3 Å². The fourth-order valence-corrected chi connectivity index (χ4v) is 2.39. The Morgan fingerprint density at radius 3 is 2.18 bits per heavy atom. The van der Waals surface area contributed by atoms with Crippen molar-refractivity contribution >= 4 is 16.7 Å². The lowest BCUT2D eigenvalue weighted by Crippen LogP contribution is -2.07. The van der Waals surface area contributed by atoms with Gasteiger partial charge in [-0.25, -0.2) is 4.98 Å². The number of rotatable bonds is 4. The molecule has 0 unspecified atom stereocenters. The summed E-state index contributed by atoms with van der Waals surface area (Å²) in [6, 6.07) is 12.0. The zero-order valence-electron chi connectivity index (χ0n) is 13.2. The van der Waals surface area contributed by atoms with Gasteiger partial charge in [-0.15, -0.1) is 0 Å². The molecule has 1 aromatic heterocycles. The molecular formula is C17H19N3O2. The summed E-state index contributed by atoms with van der Waals surface area (Å²) in [6.07, 6.45) is 0. The Hall–Kier alpha value is -2.69. The minimum atomic E-state index is 0.677. The molecule has 5 heteroatoms. The summed E-state index contributed by atoms with van der Waals surface area (Å²) >= 11 is 0. The van der Waals surface area contributed by atoms with Gasteiger partial charge < -0.3 is 19.4 Å². The lowest BCUT2D eigenvalue weighted by Gasteiger charge is -2.11. The van der Waals surface area contributed by atoms with Crippen molar-refractivity contribution in [1.29, 1.82) is 0 Å². The average Bonchev–Trinajstić information content (AvgIpc) is 2.96. The highest BCUT2D eigenvalue weighted by molar-refractivity contribution is 5.83. The Morgan fingerprint density at radius 2 is 1.59 bits per heavy atom. The second-order valence-corrected chi connectivity index (χ2v) is 5.25. The van der Waals surface area contributed by atoms with E-state index in [1.807, 2.05) is 26.2 Å². The van der Waals surface area contributed by atoms with E-state index in [0.29, 0.717) is 11.5 Å². The Morgan fingerprint density at radius 1 is 0.955 bits per heavy atom. The summed E-state index contributed by atoms with van der Waals surface area (Å²) in [6.45, 7) is 0. The summed E-state index contributed by atoms with van der Waals surface area (Å²) in [4.78, 5) is 10.0. The molecule has 3 rings (SSSR count). The molecule has 1 heterocycles. The molecule has 0 spiro atoms. The van der Waals surface area contributed by atoms with Crippen LogP contribution in [0.15, 0.2) is 36.4 Å². The van der Waals surface area contributed by atoms with E-state index >= 15 is 0 Å². The van der Waals surface area contributed by atoms with Crippen LogP contribution in [0.25, 0.3) is 22.4 Å². The van der Waals surface area contributed by atoms with Gasteiger partial charge in [0.05, 0.1) is 25.3 Å². The number of hydrogen-bond donors (Lipinski definition) is 1. The predicted molar refractivity (Wildman–Crippen MR) is 89.0 cm³/mol. The number of hydrogen-bond acceptors (Lipinski definition) is 4. The Bertz CT molecular complexity index is 751. The van der Waals surface area contributed by atoms with E-state index in [1.165, 1.54) is 0 Å². The van der Waals surface area contributed by atoms with E-state index in [0.717, 1.165) is 28.1 Å². The predicted octanol–water partition coefficient (Wildman–Crippen LogP) is 3.31. The number of fused-ring (bicyclic) bond motifs is 1. The summed E-state index contributed by atoms with van der Waals surface area (Å²) in [5.41, 5.74) is 3.97. The highest BCUT2D eigenvalue weighted by Crippen LogP contribution is 2.32. The van der Waals surface area contributed by atoms with E-state index < -0.39 is 0 Å². The maximum atomic E-state index is 5.32. The number of benzene rings is 2. The van der Waals surface area contributed by atoms with Crippen LogP contribution in [0.5, 0.6) is 11.5 Å². The molecule has 1 N–H and O–H groups in total. The quantitative estimate of drug-likeness (QED) is 0.802. The van der Waals surface area contributed by atoms with Crippen molar-refractivity contribution in [2.75, 3.05) is 33.2 Å². The number of nitrogens with one attached hydrogen (secondary N) is 1. The highest BCUT2D eigenvalue weighted by atomic mass is 16.5. The van der Waals surface area contributed by atoms with Gasteiger partial charge in [-0.1, -0.05) is 0 Å². The molecular weight excluding hydrogens is 278 g/mol. The van der Waals surface area contributed by atoms with E-state index in [2.05, 4.69) is 39.1 Å². The van der Waals surface area contributed by atoms with Crippen LogP contribution in [0.2, 0.25) is 0 Å². The van der Waals surface area contributed by atoms with Crippen LogP contribution in [0.4, 0.5) is 5.69 Å². The molecule has 22 heavy (non-hydrogen) atoms. The minimum Gasteiger partial charge on any atom is -0.493 e. The molecule has 0 aliphatic rings. The maximum absolute atomic E-state index is 5.32. The van der Waals surface area contributed by atoms with Gasteiger partial charge >= 0.3 is 0 Å². The van der Waals surface area contributed by atoms with Gasteiger partial charge in [0, 0.05) is 37.5 Å². The van der Waals surface area contributed by atoms with Crippen LogP contribution >= 0.6 is 0 Å². The Labute approximate surface area is 129 Å². The fourth-order valence-electron chi connectivity index (χ4n) is 2.39. The second-order valence-electron chi connectivity index (χ2n) is 5.25. The van der Waals surface area contributed by atoms with Gasteiger partial charge in [-0.3, -0.25) is 0 Å². The first-order chi connectivity index (χ1) is 10.6. The van der Waals surface area contributed by atoms with E-state index in [9.17, 15) is 0 Å². The Balaban J connectivity index is 2.04. The van der Waals surface area contributed by atoms with Gasteiger partial charge in [0.1, 0.15) is 5.82 Å². The molecule has 0 bridgehead atoms. The van der Waals surface area contributed by atoms with Crippen molar-refractivity contribution in [3.05, 3.63) is 36.4 Å². The van der Waals surface area contributed by atoms with Crippen molar-refractivity contribution in [1.82, 2.24) is 9.97 Å². The fraction of sp³-hybridized carbons (Fsp3) is 0.235. The van der Waals surface area contributed by atoms with Crippen molar-refractivity contribution in [3.8, 4) is 22.9 Å². The third-order valence-electron chi connectivity index (χ3n) is 3.64. The number of imidazole rings is 1. The van der Waals surface area contributed by atoms with E-state index in [-0.39, 0.29) is 0 Å². The normalized spacial score (nSPS) is 10.7. The van der Waals surface area contributed by atoms with E-state index in [1.54, 1.807) is 14.2 Å². The van der Waals surface area contributed by atoms with Crippen molar-refractivity contribution < 1.29 is 9.47 Å². The highest BCUT2D eigenvalue weighted by Gasteiger charge is 2.11. The Kier molecular flexibility index (Phi) is 3.63. The summed E-state index contributed by atoms with van der Waals surface area (Å²) in [5.74, 6) is 2.19. The zero-order chi connectivity index (χ0) is 15.7. The smallest absolute Gasteiger partial charge is 0.163 e. The van der Waals surface area contributed by atoms with Crippen LogP contribution in [-0.2, 0) is 0 Å². The lowest BCUT2D eigenvalue weighted by molar-refractivity contribution is 0.356. The number of aromatic nitrogens is 2. The molecule has 0 aliphatic carbocycles. The van der Waals surface area contributed by atoms with Crippen molar-refractivity contribution in [2.45, 2.75) is 0 Å². The SMILES string of the molecule is COc1cc2nc(-c3ccc(N(C)C)cc3)[nH]c2cc1OC. The number of H-pyrrole nitrogens is 1. The van der Waals surface area contributed by atoms with Gasteiger partial charge in [-0.2, -0.15) is 0 Å². The lowest BCUT2D eigenvalue weighted by atomic mass is 10.2. The third kappa shape index (κ3) is 2.45. The van der Waals surface area contributed by atoms with Crippen LogP contribution in [0.1, 0.15) is 0 Å². The number of methoxy groups -OCH3 is 2. The molecule has 114 valence electrons. The molecule has 0 radical (unpaired) electrons. The topological polar surface area (TPSA) is 50.4 Å².